The Hall–Kier alpha value is -0.600. The van der Waals surface area contributed by atoms with E-state index in [9.17, 15) is 0 Å². The zero-order valence-electron chi connectivity index (χ0n) is 7.83. The smallest absolute Gasteiger partial charge is 0.129 e. The van der Waals surface area contributed by atoms with Crippen LogP contribution in [0.2, 0.25) is 5.15 Å². The van der Waals surface area contributed by atoms with E-state index in [1.807, 2.05) is 12.1 Å². The van der Waals surface area contributed by atoms with Crippen LogP contribution in [0.1, 0.15) is 37.9 Å². The van der Waals surface area contributed by atoms with Crippen molar-refractivity contribution in [3.8, 4) is 0 Å². The van der Waals surface area contributed by atoms with Gasteiger partial charge in [-0.2, -0.15) is 0 Å². The van der Waals surface area contributed by atoms with Crippen LogP contribution in [0, 0.1) is 0 Å². The summed E-state index contributed by atoms with van der Waals surface area (Å²) in [6.45, 7) is 2.15. The van der Waals surface area contributed by atoms with Crippen molar-refractivity contribution in [3.05, 3.63) is 29.0 Å². The number of halogens is 1. The lowest BCUT2D eigenvalue weighted by Crippen LogP contribution is -2.11. The molecule has 1 unspecified atom stereocenters. The van der Waals surface area contributed by atoms with Crippen LogP contribution in [0.5, 0.6) is 0 Å². The maximum absolute atomic E-state index is 5.93. The molecule has 0 bridgehead atoms. The van der Waals surface area contributed by atoms with Crippen LogP contribution in [0.3, 0.4) is 0 Å². The molecule has 3 heteroatoms. The molecule has 0 radical (unpaired) electrons. The highest BCUT2D eigenvalue weighted by molar-refractivity contribution is 6.29. The minimum atomic E-state index is 0.0265. The molecular weight excluding hydrogens is 184 g/mol. The van der Waals surface area contributed by atoms with Gasteiger partial charge in [0, 0.05) is 6.04 Å². The third-order valence-corrected chi connectivity index (χ3v) is 2.20. The molecular formula is C10H15ClN2. The predicted molar refractivity (Wildman–Crippen MR) is 55.7 cm³/mol. The van der Waals surface area contributed by atoms with Crippen molar-refractivity contribution < 1.29 is 0 Å². The van der Waals surface area contributed by atoms with Gasteiger partial charge in [-0.3, -0.25) is 0 Å². The van der Waals surface area contributed by atoms with Gasteiger partial charge in [0.15, 0.2) is 0 Å². The molecule has 1 atom stereocenters. The van der Waals surface area contributed by atoms with Crippen LogP contribution in [0.15, 0.2) is 18.2 Å². The SMILES string of the molecule is CCCCC(N)c1cccc(Cl)n1. The zero-order valence-corrected chi connectivity index (χ0v) is 8.59. The van der Waals surface area contributed by atoms with Gasteiger partial charge in [0.05, 0.1) is 5.69 Å². The van der Waals surface area contributed by atoms with Crippen LogP contribution in [-0.2, 0) is 0 Å². The van der Waals surface area contributed by atoms with Crippen LogP contribution >= 0.6 is 11.6 Å². The highest BCUT2D eigenvalue weighted by atomic mass is 35.5. The molecule has 1 aromatic heterocycles. The number of pyridine rings is 1. The summed E-state index contributed by atoms with van der Waals surface area (Å²) in [6, 6.07) is 5.60. The van der Waals surface area contributed by atoms with E-state index in [4.69, 9.17) is 17.3 Å². The fourth-order valence-electron chi connectivity index (χ4n) is 1.20. The third-order valence-electron chi connectivity index (χ3n) is 1.99. The normalized spacial score (nSPS) is 12.8. The van der Waals surface area contributed by atoms with Gasteiger partial charge in [0.25, 0.3) is 0 Å². The summed E-state index contributed by atoms with van der Waals surface area (Å²) in [6.07, 6.45) is 3.27. The Morgan fingerprint density at radius 2 is 2.31 bits per heavy atom. The quantitative estimate of drug-likeness (QED) is 0.756. The summed E-state index contributed by atoms with van der Waals surface area (Å²) in [7, 11) is 0. The van der Waals surface area contributed by atoms with E-state index in [1.54, 1.807) is 6.07 Å². The van der Waals surface area contributed by atoms with Crippen molar-refractivity contribution >= 4 is 11.6 Å². The first-order chi connectivity index (χ1) is 6.24. The number of nitrogens with zero attached hydrogens (tertiary/aromatic N) is 1. The molecule has 0 amide bonds. The fourth-order valence-corrected chi connectivity index (χ4v) is 1.37. The van der Waals surface area contributed by atoms with Crippen LogP contribution < -0.4 is 5.73 Å². The van der Waals surface area contributed by atoms with Crippen molar-refractivity contribution in [1.29, 1.82) is 0 Å². The summed E-state index contributed by atoms with van der Waals surface area (Å²) in [5.41, 5.74) is 6.82. The first-order valence-corrected chi connectivity index (χ1v) is 5.00. The number of hydrogen-bond donors (Lipinski definition) is 1. The topological polar surface area (TPSA) is 38.9 Å². The molecule has 0 aromatic carbocycles. The average Bonchev–Trinajstić information content (AvgIpc) is 2.14. The van der Waals surface area contributed by atoms with E-state index < -0.39 is 0 Å². The van der Waals surface area contributed by atoms with Gasteiger partial charge in [0.1, 0.15) is 5.15 Å². The molecule has 0 saturated carbocycles. The Morgan fingerprint density at radius 1 is 1.54 bits per heavy atom. The molecule has 2 nitrogen and oxygen atoms in total. The summed E-state index contributed by atoms with van der Waals surface area (Å²) in [5.74, 6) is 0. The lowest BCUT2D eigenvalue weighted by Gasteiger charge is -2.09. The molecule has 13 heavy (non-hydrogen) atoms. The molecule has 0 aliphatic heterocycles. The summed E-state index contributed by atoms with van der Waals surface area (Å²) < 4.78 is 0. The van der Waals surface area contributed by atoms with Gasteiger partial charge in [-0.05, 0) is 18.6 Å². The fraction of sp³-hybridized carbons (Fsp3) is 0.500. The predicted octanol–water partition coefficient (Wildman–Crippen LogP) is 2.93. The van der Waals surface area contributed by atoms with E-state index in [0.717, 1.165) is 25.0 Å². The Bertz CT molecular complexity index is 263. The molecule has 72 valence electrons. The van der Waals surface area contributed by atoms with E-state index in [1.165, 1.54) is 0 Å². The molecule has 1 rings (SSSR count). The van der Waals surface area contributed by atoms with E-state index in [-0.39, 0.29) is 6.04 Å². The Balaban J connectivity index is 2.60. The number of aromatic nitrogens is 1. The van der Waals surface area contributed by atoms with E-state index in [2.05, 4.69) is 11.9 Å². The van der Waals surface area contributed by atoms with Gasteiger partial charge in [-0.1, -0.05) is 37.4 Å². The van der Waals surface area contributed by atoms with Crippen molar-refractivity contribution in [2.45, 2.75) is 32.2 Å². The summed E-state index contributed by atoms with van der Waals surface area (Å²) in [5, 5.41) is 0.518. The van der Waals surface area contributed by atoms with Crippen molar-refractivity contribution in [3.63, 3.8) is 0 Å². The number of nitrogens with two attached hydrogens (primary N) is 1. The Morgan fingerprint density at radius 3 is 2.92 bits per heavy atom. The van der Waals surface area contributed by atoms with Gasteiger partial charge in [0.2, 0.25) is 0 Å². The molecule has 1 aromatic rings. The standard InChI is InChI=1S/C10H15ClN2/c1-2-3-5-8(12)9-6-4-7-10(11)13-9/h4,6-8H,2-3,5,12H2,1H3. The molecule has 0 spiro atoms. The molecule has 0 fully saturated rings. The van der Waals surface area contributed by atoms with Gasteiger partial charge in [-0.15, -0.1) is 0 Å². The maximum atomic E-state index is 5.93. The van der Waals surface area contributed by atoms with Crippen LogP contribution in [0.4, 0.5) is 0 Å². The van der Waals surface area contributed by atoms with Crippen molar-refractivity contribution in [1.82, 2.24) is 4.98 Å². The van der Waals surface area contributed by atoms with Gasteiger partial charge >= 0.3 is 0 Å². The minimum Gasteiger partial charge on any atom is -0.323 e. The molecule has 0 saturated heterocycles. The molecule has 1 heterocycles. The Labute approximate surface area is 84.1 Å². The second kappa shape index (κ2) is 5.20. The van der Waals surface area contributed by atoms with E-state index >= 15 is 0 Å². The van der Waals surface area contributed by atoms with Gasteiger partial charge in [-0.25, -0.2) is 4.98 Å². The second-order valence-corrected chi connectivity index (χ2v) is 3.52. The highest BCUT2D eigenvalue weighted by Crippen LogP contribution is 2.16. The van der Waals surface area contributed by atoms with E-state index in [0.29, 0.717) is 5.15 Å². The van der Waals surface area contributed by atoms with Gasteiger partial charge < -0.3 is 5.73 Å². The van der Waals surface area contributed by atoms with Crippen LogP contribution in [0.25, 0.3) is 0 Å². The second-order valence-electron chi connectivity index (χ2n) is 3.13. The third kappa shape index (κ3) is 3.33. The zero-order chi connectivity index (χ0) is 9.68. The lowest BCUT2D eigenvalue weighted by atomic mass is 10.1. The number of unbranched alkanes of at least 4 members (excludes halogenated alkanes) is 1. The lowest BCUT2D eigenvalue weighted by molar-refractivity contribution is 0.590. The monoisotopic (exact) mass is 198 g/mol. The van der Waals surface area contributed by atoms with Crippen molar-refractivity contribution in [2.75, 3.05) is 0 Å². The Kier molecular flexibility index (Phi) is 4.19. The first kappa shape index (κ1) is 10.5. The average molecular weight is 199 g/mol. The molecule has 0 aliphatic carbocycles. The maximum Gasteiger partial charge on any atom is 0.129 e. The first-order valence-electron chi connectivity index (χ1n) is 4.62. The molecule has 0 aliphatic rings. The van der Waals surface area contributed by atoms with Crippen LogP contribution in [-0.4, -0.2) is 4.98 Å². The van der Waals surface area contributed by atoms with Crippen molar-refractivity contribution in [2.24, 2.45) is 5.73 Å². The highest BCUT2D eigenvalue weighted by Gasteiger charge is 2.06. The minimum absolute atomic E-state index is 0.0265. The number of rotatable bonds is 4. The largest absolute Gasteiger partial charge is 0.323 e. The summed E-state index contributed by atoms with van der Waals surface area (Å²) >= 11 is 5.76. The molecule has 2 N–H and O–H groups in total. The number of hydrogen-bond acceptors (Lipinski definition) is 2. The summed E-state index contributed by atoms with van der Waals surface area (Å²) in [4.78, 5) is 4.17.